The number of aromatic nitrogens is 3. The molecular formula is C24H25N5O3. The Morgan fingerprint density at radius 3 is 2.69 bits per heavy atom. The summed E-state index contributed by atoms with van der Waals surface area (Å²) >= 11 is 0. The van der Waals surface area contributed by atoms with Gasteiger partial charge in [-0.2, -0.15) is 5.10 Å². The monoisotopic (exact) mass is 431 g/mol. The number of amides is 2. The predicted octanol–water partition coefficient (Wildman–Crippen LogP) is 4.16. The van der Waals surface area contributed by atoms with Crippen molar-refractivity contribution in [2.45, 2.75) is 27.3 Å². The smallest absolute Gasteiger partial charge is 0.256 e. The van der Waals surface area contributed by atoms with Crippen LogP contribution in [0.5, 0.6) is 0 Å². The molecule has 0 saturated heterocycles. The molecule has 0 unspecified atom stereocenters. The maximum absolute atomic E-state index is 13.3. The van der Waals surface area contributed by atoms with Gasteiger partial charge in [0.05, 0.1) is 22.9 Å². The van der Waals surface area contributed by atoms with Gasteiger partial charge in [0.2, 0.25) is 5.91 Å². The summed E-state index contributed by atoms with van der Waals surface area (Å²) in [6.45, 7) is 6.45. The van der Waals surface area contributed by atoms with Crippen LogP contribution in [0.1, 0.15) is 35.5 Å². The summed E-state index contributed by atoms with van der Waals surface area (Å²) in [5.74, 6) is 0.321. The molecule has 0 aliphatic rings. The van der Waals surface area contributed by atoms with Crippen LogP contribution in [0.15, 0.2) is 53.1 Å². The first-order chi connectivity index (χ1) is 15.4. The van der Waals surface area contributed by atoms with Gasteiger partial charge in [-0.25, -0.2) is 4.98 Å². The summed E-state index contributed by atoms with van der Waals surface area (Å²) in [7, 11) is 1.80. The van der Waals surface area contributed by atoms with Gasteiger partial charge in [-0.05, 0) is 49.7 Å². The second kappa shape index (κ2) is 8.66. The fourth-order valence-corrected chi connectivity index (χ4v) is 3.79. The molecule has 0 fully saturated rings. The summed E-state index contributed by atoms with van der Waals surface area (Å²) in [4.78, 5) is 31.5. The maximum Gasteiger partial charge on any atom is 0.256 e. The number of nitrogens with zero attached hydrogens (tertiary/aromatic N) is 4. The van der Waals surface area contributed by atoms with Gasteiger partial charge in [0.25, 0.3) is 5.91 Å². The van der Waals surface area contributed by atoms with Crippen molar-refractivity contribution in [2.75, 3.05) is 11.9 Å². The van der Waals surface area contributed by atoms with E-state index in [0.717, 1.165) is 11.3 Å². The van der Waals surface area contributed by atoms with Gasteiger partial charge in [0.15, 0.2) is 11.4 Å². The zero-order chi connectivity index (χ0) is 22.8. The number of pyridine rings is 1. The largest absolute Gasteiger partial charge is 0.463 e. The van der Waals surface area contributed by atoms with Crippen LogP contribution < -0.4 is 5.32 Å². The lowest BCUT2D eigenvalue weighted by molar-refractivity contribution is -0.129. The van der Waals surface area contributed by atoms with E-state index in [1.807, 2.05) is 38.1 Å². The Kier molecular flexibility index (Phi) is 5.77. The first kappa shape index (κ1) is 21.3. The SMILES string of the molecule is CCN(Cc1cccc(NC(=O)c2cc(-c3ccco3)nc3c2c(C)nn3C)c1)C(C)=O. The highest BCUT2D eigenvalue weighted by molar-refractivity contribution is 6.13. The molecule has 1 aromatic carbocycles. The number of hydrogen-bond donors (Lipinski definition) is 1. The van der Waals surface area contributed by atoms with Crippen LogP contribution in [0.3, 0.4) is 0 Å². The number of benzene rings is 1. The van der Waals surface area contributed by atoms with E-state index >= 15 is 0 Å². The van der Waals surface area contributed by atoms with E-state index in [2.05, 4.69) is 15.4 Å². The molecule has 1 N–H and O–H groups in total. The van der Waals surface area contributed by atoms with Crippen molar-refractivity contribution >= 4 is 28.5 Å². The van der Waals surface area contributed by atoms with Crippen LogP contribution in [0.4, 0.5) is 5.69 Å². The number of rotatable bonds is 6. The Labute approximate surface area is 185 Å². The van der Waals surface area contributed by atoms with E-state index in [1.54, 1.807) is 48.0 Å². The Hall–Kier alpha value is -3.94. The molecule has 4 rings (SSSR count). The average Bonchev–Trinajstić information content (AvgIpc) is 3.40. The van der Waals surface area contributed by atoms with E-state index in [4.69, 9.17) is 4.42 Å². The molecule has 0 radical (unpaired) electrons. The van der Waals surface area contributed by atoms with Gasteiger partial charge in [-0.15, -0.1) is 0 Å². The molecule has 0 aliphatic heterocycles. The summed E-state index contributed by atoms with van der Waals surface area (Å²) in [5, 5.41) is 8.12. The van der Waals surface area contributed by atoms with E-state index in [1.165, 1.54) is 0 Å². The fraction of sp³-hybridized carbons (Fsp3) is 0.250. The number of hydrogen-bond acceptors (Lipinski definition) is 5. The number of furan rings is 1. The second-order valence-electron chi connectivity index (χ2n) is 7.63. The fourth-order valence-electron chi connectivity index (χ4n) is 3.79. The number of fused-ring (bicyclic) bond motifs is 1. The van der Waals surface area contributed by atoms with Crippen LogP contribution in [0.2, 0.25) is 0 Å². The molecule has 2 amide bonds. The topological polar surface area (TPSA) is 93.3 Å². The zero-order valence-electron chi connectivity index (χ0n) is 18.5. The van der Waals surface area contributed by atoms with Gasteiger partial charge in [0.1, 0.15) is 5.69 Å². The maximum atomic E-state index is 13.3. The molecule has 0 atom stereocenters. The minimum Gasteiger partial charge on any atom is -0.463 e. The average molecular weight is 431 g/mol. The number of anilines is 1. The number of carbonyl (C=O) groups excluding carboxylic acids is 2. The van der Waals surface area contributed by atoms with E-state index in [-0.39, 0.29) is 11.8 Å². The third-order valence-corrected chi connectivity index (χ3v) is 5.37. The van der Waals surface area contributed by atoms with Crippen molar-refractivity contribution < 1.29 is 14.0 Å². The number of aryl methyl sites for hydroxylation is 2. The first-order valence-electron chi connectivity index (χ1n) is 10.4. The van der Waals surface area contributed by atoms with Crippen LogP contribution in [0, 0.1) is 6.92 Å². The van der Waals surface area contributed by atoms with Crippen molar-refractivity contribution in [3.8, 4) is 11.5 Å². The minimum absolute atomic E-state index is 0.0126. The summed E-state index contributed by atoms with van der Waals surface area (Å²) in [5.41, 5.74) is 3.95. The van der Waals surface area contributed by atoms with Crippen LogP contribution >= 0.6 is 0 Å². The molecule has 3 heterocycles. The highest BCUT2D eigenvalue weighted by Crippen LogP contribution is 2.28. The van der Waals surface area contributed by atoms with E-state index in [9.17, 15) is 9.59 Å². The van der Waals surface area contributed by atoms with Gasteiger partial charge in [0, 0.05) is 32.7 Å². The molecule has 32 heavy (non-hydrogen) atoms. The Balaban J connectivity index is 1.69. The normalized spacial score (nSPS) is 11.0. The number of carbonyl (C=O) groups is 2. The van der Waals surface area contributed by atoms with Gasteiger partial charge in [-0.3, -0.25) is 14.3 Å². The Bertz CT molecular complexity index is 1290. The van der Waals surface area contributed by atoms with Crippen LogP contribution in [-0.2, 0) is 18.4 Å². The molecule has 0 spiro atoms. The van der Waals surface area contributed by atoms with E-state index < -0.39 is 0 Å². The van der Waals surface area contributed by atoms with Crippen LogP contribution in [-0.4, -0.2) is 38.0 Å². The molecule has 8 heteroatoms. The quantitative estimate of drug-likeness (QED) is 0.495. The zero-order valence-corrected chi connectivity index (χ0v) is 18.5. The lowest BCUT2D eigenvalue weighted by atomic mass is 10.1. The van der Waals surface area contributed by atoms with Crippen molar-refractivity contribution in [3.63, 3.8) is 0 Å². The Morgan fingerprint density at radius 1 is 1.19 bits per heavy atom. The molecule has 4 aromatic rings. The number of nitrogens with one attached hydrogen (secondary N) is 1. The molecule has 0 saturated carbocycles. The lowest BCUT2D eigenvalue weighted by Crippen LogP contribution is -2.27. The second-order valence-corrected chi connectivity index (χ2v) is 7.63. The highest BCUT2D eigenvalue weighted by atomic mass is 16.3. The van der Waals surface area contributed by atoms with Gasteiger partial charge < -0.3 is 14.6 Å². The van der Waals surface area contributed by atoms with Crippen molar-refractivity contribution in [1.82, 2.24) is 19.7 Å². The van der Waals surface area contributed by atoms with Crippen molar-refractivity contribution in [2.24, 2.45) is 7.05 Å². The lowest BCUT2D eigenvalue weighted by Gasteiger charge is -2.19. The molecular weight excluding hydrogens is 406 g/mol. The molecule has 3 aromatic heterocycles. The van der Waals surface area contributed by atoms with Crippen molar-refractivity contribution in [1.29, 1.82) is 0 Å². The first-order valence-corrected chi connectivity index (χ1v) is 10.4. The van der Waals surface area contributed by atoms with Crippen molar-refractivity contribution in [3.05, 3.63) is 65.5 Å². The Morgan fingerprint density at radius 2 is 2.00 bits per heavy atom. The highest BCUT2D eigenvalue weighted by Gasteiger charge is 2.20. The molecule has 0 aliphatic carbocycles. The van der Waals surface area contributed by atoms with Gasteiger partial charge >= 0.3 is 0 Å². The minimum atomic E-state index is -0.266. The molecule has 0 bridgehead atoms. The van der Waals surface area contributed by atoms with Crippen LogP contribution in [0.25, 0.3) is 22.5 Å². The van der Waals surface area contributed by atoms with Gasteiger partial charge in [-0.1, -0.05) is 12.1 Å². The standard InChI is InChI=1S/C24H25N5O3/c1-5-29(16(3)30)14-17-8-6-9-18(12-17)25-24(31)19-13-20(21-10-7-11-32-21)26-23-22(19)15(2)27-28(23)4/h6-13H,5,14H2,1-4H3,(H,25,31). The summed E-state index contributed by atoms with van der Waals surface area (Å²) in [6, 6.07) is 12.8. The van der Waals surface area contributed by atoms with E-state index in [0.29, 0.717) is 46.8 Å². The predicted molar refractivity (Wildman–Crippen MR) is 122 cm³/mol. The third-order valence-electron chi connectivity index (χ3n) is 5.37. The third kappa shape index (κ3) is 4.12. The molecule has 164 valence electrons. The summed E-state index contributed by atoms with van der Waals surface area (Å²) < 4.78 is 7.16. The molecule has 8 nitrogen and oxygen atoms in total. The summed E-state index contributed by atoms with van der Waals surface area (Å²) in [6.07, 6.45) is 1.57.